The number of phosphoric acid groups is 1. The van der Waals surface area contributed by atoms with Crippen molar-refractivity contribution in [2.75, 3.05) is 26.4 Å². The number of carbonyl (C=O) groups is 3. The normalized spacial score (nSPS) is 14.0. The van der Waals surface area contributed by atoms with E-state index in [-0.39, 0.29) is 25.9 Å². The van der Waals surface area contributed by atoms with Crippen molar-refractivity contribution >= 4 is 25.7 Å². The minimum absolute atomic E-state index is 0.115. The fourth-order valence-electron chi connectivity index (χ4n) is 6.56. The number of aliphatic hydroxyl groups excluding tert-OH is 1. The zero-order chi connectivity index (χ0) is 47.0. The van der Waals surface area contributed by atoms with E-state index in [1.807, 2.05) is 0 Å². The summed E-state index contributed by atoms with van der Waals surface area (Å²) in [7, 11) is -4.75. The van der Waals surface area contributed by atoms with Crippen molar-refractivity contribution < 1.29 is 52.2 Å². The van der Waals surface area contributed by atoms with Gasteiger partial charge in [0.05, 0.1) is 19.8 Å². The molecule has 0 amide bonds. The minimum atomic E-state index is -4.75. The zero-order valence-corrected chi connectivity index (χ0v) is 41.4. The lowest BCUT2D eigenvalue weighted by molar-refractivity contribution is -0.161. The smallest absolute Gasteiger partial charge is 0.462 e. The molecule has 0 aromatic heterocycles. The first kappa shape index (κ1) is 61.2. The second-order valence-corrected chi connectivity index (χ2v) is 18.1. The van der Waals surface area contributed by atoms with Gasteiger partial charge in [-0.1, -0.05) is 178 Å². The Bertz CT molecular complexity index is 1310. The molecule has 0 aliphatic carbocycles. The van der Waals surface area contributed by atoms with E-state index in [1.165, 1.54) is 57.8 Å². The van der Waals surface area contributed by atoms with Crippen LogP contribution in [0, 0.1) is 0 Å². The maximum Gasteiger partial charge on any atom is 0.472 e. The highest BCUT2D eigenvalue weighted by Gasteiger charge is 2.28. The molecule has 2 N–H and O–H groups in total. The van der Waals surface area contributed by atoms with Crippen molar-refractivity contribution in [3.8, 4) is 0 Å². The molecule has 3 unspecified atom stereocenters. The maximum atomic E-state index is 12.8. The molecule has 0 saturated heterocycles. The predicted octanol–water partition coefficient (Wildman–Crippen LogP) is 14.0. The molecule has 0 bridgehead atoms. The molecule has 370 valence electrons. The highest BCUT2D eigenvalue weighted by atomic mass is 31.2. The number of carbonyl (C=O) groups excluding carboxylic acids is 3. The van der Waals surface area contributed by atoms with Gasteiger partial charge >= 0.3 is 25.7 Å². The Hall–Kier alpha value is -2.82. The molecule has 0 radical (unpaired) electrons. The Kier molecular flexibility index (Phi) is 44.6. The van der Waals surface area contributed by atoms with Gasteiger partial charge in [-0.3, -0.25) is 23.4 Å². The van der Waals surface area contributed by atoms with E-state index in [2.05, 4.69) is 81.5 Å². The lowest BCUT2D eigenvalue weighted by Gasteiger charge is -2.21. The first-order valence-corrected chi connectivity index (χ1v) is 26.7. The molecule has 0 heterocycles. The Morgan fingerprint density at radius 2 is 0.828 bits per heavy atom. The third-order valence-corrected chi connectivity index (χ3v) is 11.4. The summed E-state index contributed by atoms with van der Waals surface area (Å²) in [6, 6.07) is 0. The Morgan fingerprint density at radius 3 is 1.34 bits per heavy atom. The summed E-state index contributed by atoms with van der Waals surface area (Å²) in [5.74, 6) is -1.52. The van der Waals surface area contributed by atoms with Crippen molar-refractivity contribution in [2.45, 2.75) is 226 Å². The van der Waals surface area contributed by atoms with Crippen LogP contribution < -0.4 is 0 Å². The molecule has 0 saturated carbocycles. The average molecular weight is 923 g/mol. The van der Waals surface area contributed by atoms with Gasteiger partial charge in [-0.15, -0.1) is 0 Å². The van der Waals surface area contributed by atoms with Crippen molar-refractivity contribution in [3.05, 3.63) is 60.8 Å². The van der Waals surface area contributed by atoms with Crippen LogP contribution in [0.15, 0.2) is 60.8 Å². The second kappa shape index (κ2) is 46.7. The van der Waals surface area contributed by atoms with Crippen molar-refractivity contribution in [1.29, 1.82) is 0 Å². The van der Waals surface area contributed by atoms with Crippen molar-refractivity contribution in [1.82, 2.24) is 0 Å². The van der Waals surface area contributed by atoms with E-state index < -0.39 is 57.8 Å². The van der Waals surface area contributed by atoms with E-state index in [0.29, 0.717) is 19.3 Å². The molecular formula is C52H91O11P. The Labute approximate surface area is 389 Å². The van der Waals surface area contributed by atoms with E-state index in [1.54, 1.807) is 0 Å². The monoisotopic (exact) mass is 923 g/mol. The molecule has 0 spiro atoms. The summed E-state index contributed by atoms with van der Waals surface area (Å²) < 4.78 is 39.2. The molecule has 3 atom stereocenters. The largest absolute Gasteiger partial charge is 0.472 e. The molecule has 0 fully saturated rings. The van der Waals surface area contributed by atoms with Gasteiger partial charge < -0.3 is 24.2 Å². The zero-order valence-electron chi connectivity index (χ0n) is 40.5. The number of aliphatic hydroxyl groups is 1. The second-order valence-electron chi connectivity index (χ2n) is 16.6. The van der Waals surface area contributed by atoms with Crippen LogP contribution in [0.4, 0.5) is 0 Å². The van der Waals surface area contributed by atoms with Crippen LogP contribution >= 0.6 is 7.82 Å². The Balaban J connectivity index is 4.82. The van der Waals surface area contributed by atoms with Crippen LogP contribution in [-0.4, -0.2) is 66.5 Å². The number of esters is 3. The van der Waals surface area contributed by atoms with Gasteiger partial charge in [0.1, 0.15) is 12.7 Å². The van der Waals surface area contributed by atoms with E-state index >= 15 is 0 Å². The summed E-state index contributed by atoms with van der Waals surface area (Å²) in [5, 5.41) is 9.74. The minimum Gasteiger partial charge on any atom is -0.462 e. The topological polar surface area (TPSA) is 155 Å². The third-order valence-electron chi connectivity index (χ3n) is 10.4. The molecule has 0 aromatic carbocycles. The summed E-state index contributed by atoms with van der Waals surface area (Å²) in [4.78, 5) is 48.2. The van der Waals surface area contributed by atoms with E-state index in [0.717, 1.165) is 96.3 Å². The molecule has 11 nitrogen and oxygen atoms in total. The molecule has 0 aliphatic rings. The van der Waals surface area contributed by atoms with Gasteiger partial charge in [-0.2, -0.15) is 0 Å². The fourth-order valence-corrected chi connectivity index (χ4v) is 7.35. The summed E-state index contributed by atoms with van der Waals surface area (Å²) in [6.45, 7) is 4.40. The molecule has 0 aliphatic heterocycles. The molecule has 64 heavy (non-hydrogen) atoms. The highest BCUT2D eigenvalue weighted by Crippen LogP contribution is 2.43. The first-order chi connectivity index (χ1) is 31.2. The predicted molar refractivity (Wildman–Crippen MR) is 261 cm³/mol. The van der Waals surface area contributed by atoms with Crippen LogP contribution in [0.5, 0.6) is 0 Å². The van der Waals surface area contributed by atoms with Gasteiger partial charge in [0.15, 0.2) is 6.10 Å². The third kappa shape index (κ3) is 44.4. The first-order valence-electron chi connectivity index (χ1n) is 25.2. The van der Waals surface area contributed by atoms with E-state index in [4.69, 9.17) is 23.3 Å². The van der Waals surface area contributed by atoms with Gasteiger partial charge in [0, 0.05) is 19.3 Å². The van der Waals surface area contributed by atoms with Crippen LogP contribution in [0.25, 0.3) is 0 Å². The Morgan fingerprint density at radius 1 is 0.453 bits per heavy atom. The van der Waals surface area contributed by atoms with E-state index in [9.17, 15) is 28.9 Å². The average Bonchev–Trinajstić information content (AvgIpc) is 3.28. The molecular weight excluding hydrogens is 832 g/mol. The SMILES string of the molecule is CC/C=C\C/C=C\C/C=C\C/C=C\CCCCC(=O)OC(COC(=O)CCCCCCCCCCCCC)COP(=O)(O)OCC(CO)OC(=O)CCCCCCC/C=C\CCCC. The number of hydrogen-bond acceptors (Lipinski definition) is 10. The van der Waals surface area contributed by atoms with Crippen molar-refractivity contribution in [3.63, 3.8) is 0 Å². The number of hydrogen-bond donors (Lipinski definition) is 2. The lowest BCUT2D eigenvalue weighted by atomic mass is 10.1. The number of unbranched alkanes of at least 4 members (excludes halogenated alkanes) is 19. The number of ether oxygens (including phenoxy) is 3. The molecule has 0 rings (SSSR count). The summed E-state index contributed by atoms with van der Waals surface area (Å²) >= 11 is 0. The van der Waals surface area contributed by atoms with Crippen LogP contribution in [0.1, 0.15) is 213 Å². The standard InChI is InChI=1S/C52H91O11P/c1-4-7-10-13-16-19-22-23-24-25-28-31-34-37-40-43-52(56)63-49(45-59-50(54)41-38-35-32-29-26-20-17-14-11-8-5-2)47-61-64(57,58)60-46-48(44-53)62-51(55)42-39-36-33-30-27-21-18-15-12-9-6-3/h7,10,15-16,18-19,23-24,28,31,48-49,53H,4-6,8-9,11-14,17,20-22,25-27,29-30,32-47H2,1-3H3,(H,57,58)/b10-7-,18-15-,19-16-,24-23-,31-28-. The number of rotatable bonds is 46. The quantitative estimate of drug-likeness (QED) is 0.0197. The van der Waals surface area contributed by atoms with Crippen molar-refractivity contribution in [2.24, 2.45) is 0 Å². The van der Waals surface area contributed by atoms with Gasteiger partial charge in [-0.05, 0) is 77.0 Å². The molecule has 0 aromatic rings. The number of phosphoric ester groups is 1. The summed E-state index contributed by atoms with van der Waals surface area (Å²) in [6.07, 6.45) is 47.7. The highest BCUT2D eigenvalue weighted by molar-refractivity contribution is 7.47. The molecule has 12 heteroatoms. The van der Waals surface area contributed by atoms with Gasteiger partial charge in [0.25, 0.3) is 0 Å². The van der Waals surface area contributed by atoms with Crippen LogP contribution in [0.2, 0.25) is 0 Å². The number of allylic oxidation sites excluding steroid dienone is 10. The summed E-state index contributed by atoms with van der Waals surface area (Å²) in [5.41, 5.74) is 0. The van der Waals surface area contributed by atoms with Crippen LogP contribution in [-0.2, 0) is 42.2 Å². The van der Waals surface area contributed by atoms with Gasteiger partial charge in [-0.25, -0.2) is 4.57 Å². The lowest BCUT2D eigenvalue weighted by Crippen LogP contribution is -2.30. The fraction of sp³-hybridized carbons (Fsp3) is 0.750. The van der Waals surface area contributed by atoms with Crippen LogP contribution in [0.3, 0.4) is 0 Å². The maximum absolute atomic E-state index is 12.8. The van der Waals surface area contributed by atoms with Gasteiger partial charge in [0.2, 0.25) is 0 Å².